The van der Waals surface area contributed by atoms with E-state index in [1.54, 1.807) is 0 Å². The van der Waals surface area contributed by atoms with E-state index < -0.39 is 65.9 Å². The summed E-state index contributed by atoms with van der Waals surface area (Å²) in [6.45, 7) is -1.10. The Morgan fingerprint density at radius 3 is 0.923 bits per heavy atom. The fourth-order valence-electron chi connectivity index (χ4n) is 3.11. The van der Waals surface area contributed by atoms with E-state index in [1.807, 2.05) is 0 Å². The molecule has 2 rings (SSSR count). The number of rotatable bonds is 0. The van der Waals surface area contributed by atoms with Crippen molar-refractivity contribution in [3.8, 4) is 0 Å². The quantitative estimate of drug-likeness (QED) is 0.458. The van der Waals surface area contributed by atoms with Gasteiger partial charge in [-0.05, 0) is 6.92 Å². The van der Waals surface area contributed by atoms with Crippen molar-refractivity contribution in [2.75, 3.05) is 0 Å². The number of fused-ring (bicyclic) bond motifs is 1. The molecule has 2 aliphatic carbocycles. The SMILES string of the molecule is CC1(F)C(F)(F)C2C(C(F)(F)C1(F)F)C(F)(F)C(F)(F)C(F)(F)C2(F)F. The van der Waals surface area contributed by atoms with Gasteiger partial charge < -0.3 is 0 Å². The van der Waals surface area contributed by atoms with Crippen LogP contribution >= 0.6 is 0 Å². The molecule has 0 nitrogen and oxygen atoms in total. The van der Waals surface area contributed by atoms with Crippen LogP contribution in [-0.4, -0.2) is 47.1 Å². The number of hydrogen-bond acceptors (Lipinski definition) is 0. The van der Waals surface area contributed by atoms with Gasteiger partial charge in [0, 0.05) is 0 Å². The molecule has 0 amide bonds. The average molecular weight is 422 g/mol. The Balaban J connectivity index is 2.99. The fraction of sp³-hybridized carbons (Fsp3) is 1.00. The maximum atomic E-state index is 13.8. The van der Waals surface area contributed by atoms with Gasteiger partial charge in [-0.15, -0.1) is 0 Å². The van der Waals surface area contributed by atoms with Gasteiger partial charge in [0.25, 0.3) is 5.92 Å². The van der Waals surface area contributed by atoms with E-state index in [2.05, 4.69) is 0 Å². The number of alkyl halides is 15. The van der Waals surface area contributed by atoms with Crippen LogP contribution < -0.4 is 0 Å². The molecule has 0 radical (unpaired) electrons. The van der Waals surface area contributed by atoms with Crippen LogP contribution in [0.3, 0.4) is 0 Å². The zero-order valence-corrected chi connectivity index (χ0v) is 11.8. The van der Waals surface area contributed by atoms with Gasteiger partial charge in [0.1, 0.15) is 11.8 Å². The molecule has 3 atom stereocenters. The van der Waals surface area contributed by atoms with Crippen LogP contribution in [0, 0.1) is 11.8 Å². The number of halogens is 15. The molecule has 15 heteroatoms. The monoisotopic (exact) mass is 422 g/mol. The van der Waals surface area contributed by atoms with Crippen molar-refractivity contribution < 1.29 is 65.9 Å². The molecule has 0 aliphatic heterocycles. The van der Waals surface area contributed by atoms with Crippen LogP contribution in [0.25, 0.3) is 0 Å². The molecular weight excluding hydrogens is 417 g/mol. The lowest BCUT2D eigenvalue weighted by Crippen LogP contribution is -2.86. The molecule has 0 heterocycles. The van der Waals surface area contributed by atoms with Crippen molar-refractivity contribution >= 4 is 0 Å². The lowest BCUT2D eigenvalue weighted by atomic mass is 9.56. The van der Waals surface area contributed by atoms with Crippen LogP contribution in [0.5, 0.6) is 0 Å². The summed E-state index contributed by atoms with van der Waals surface area (Å²) in [5, 5.41) is 0. The van der Waals surface area contributed by atoms with Crippen molar-refractivity contribution in [2.45, 2.75) is 54.1 Å². The first kappa shape index (κ1) is 21.3. The molecule has 0 spiro atoms. The molecule has 26 heavy (non-hydrogen) atoms. The molecule has 2 aliphatic rings. The number of hydrogen-bond donors (Lipinski definition) is 0. The molecule has 154 valence electrons. The predicted molar refractivity (Wildman–Crippen MR) is 51.1 cm³/mol. The van der Waals surface area contributed by atoms with Crippen LogP contribution in [0.4, 0.5) is 65.9 Å². The highest BCUT2D eigenvalue weighted by Gasteiger charge is 3.01. The standard InChI is InChI=1S/C11H5F15/c1-4(12)5(13,14)2-3(6(15,16)9(4,21)22)8(19,20)11(25,26)10(23,24)7(2,17)18/h2-3H,1H3. The second-order valence-electron chi connectivity index (χ2n) is 6.17. The summed E-state index contributed by atoms with van der Waals surface area (Å²) in [7, 11) is 0. The third-order valence-electron chi connectivity index (χ3n) is 4.76. The highest BCUT2D eigenvalue weighted by atomic mass is 19.4. The maximum absolute atomic E-state index is 13.8. The van der Waals surface area contributed by atoms with Crippen LogP contribution in [-0.2, 0) is 0 Å². The van der Waals surface area contributed by atoms with E-state index in [1.165, 1.54) is 0 Å². The van der Waals surface area contributed by atoms with Gasteiger partial charge in [-0.25, -0.2) is 13.2 Å². The molecule has 3 unspecified atom stereocenters. The lowest BCUT2D eigenvalue weighted by molar-refractivity contribution is -0.499. The first-order valence-corrected chi connectivity index (χ1v) is 6.32. The Hall–Kier alpha value is -1.05. The average Bonchev–Trinajstić information content (AvgIpc) is 2.39. The van der Waals surface area contributed by atoms with Gasteiger partial charge in [-0.3, -0.25) is 0 Å². The molecule has 0 bridgehead atoms. The first-order chi connectivity index (χ1) is 11.0. The summed E-state index contributed by atoms with van der Waals surface area (Å²) in [6, 6.07) is 0. The molecule has 0 aromatic rings. The van der Waals surface area contributed by atoms with Crippen molar-refractivity contribution in [1.29, 1.82) is 0 Å². The van der Waals surface area contributed by atoms with Gasteiger partial charge in [-0.2, -0.15) is 52.7 Å². The minimum Gasteiger partial charge on any atom is -0.230 e. The smallest absolute Gasteiger partial charge is 0.230 e. The first-order valence-electron chi connectivity index (χ1n) is 6.32. The molecule has 2 fully saturated rings. The van der Waals surface area contributed by atoms with Crippen molar-refractivity contribution in [1.82, 2.24) is 0 Å². The summed E-state index contributed by atoms with van der Waals surface area (Å²) in [5.74, 6) is -60.9. The molecule has 0 N–H and O–H groups in total. The van der Waals surface area contributed by atoms with E-state index in [9.17, 15) is 65.9 Å². The summed E-state index contributed by atoms with van der Waals surface area (Å²) < 4.78 is 203. The van der Waals surface area contributed by atoms with Crippen LogP contribution in [0.1, 0.15) is 6.92 Å². The zero-order valence-electron chi connectivity index (χ0n) is 11.8. The van der Waals surface area contributed by atoms with Gasteiger partial charge in [0.15, 0.2) is 0 Å². The topological polar surface area (TPSA) is 0 Å². The lowest BCUT2D eigenvalue weighted by Gasteiger charge is -2.59. The Bertz CT molecular complexity index is 509. The predicted octanol–water partition coefficient (Wildman–Crippen LogP) is 5.42. The van der Waals surface area contributed by atoms with Gasteiger partial charge in [0.05, 0.1) is 0 Å². The normalized spacial score (nSPS) is 43.4. The third kappa shape index (κ3) is 1.69. The second kappa shape index (κ2) is 4.50. The fourth-order valence-corrected chi connectivity index (χ4v) is 3.11. The summed E-state index contributed by atoms with van der Waals surface area (Å²) in [5.41, 5.74) is -6.05. The largest absolute Gasteiger partial charge is 0.378 e. The van der Waals surface area contributed by atoms with E-state index in [0.717, 1.165) is 0 Å². The van der Waals surface area contributed by atoms with Crippen molar-refractivity contribution in [3.63, 3.8) is 0 Å². The van der Waals surface area contributed by atoms with Crippen molar-refractivity contribution in [3.05, 3.63) is 0 Å². The second-order valence-corrected chi connectivity index (χ2v) is 6.17. The van der Waals surface area contributed by atoms with Gasteiger partial charge in [-0.1, -0.05) is 0 Å². The molecule has 0 saturated heterocycles. The van der Waals surface area contributed by atoms with Gasteiger partial charge in [0.2, 0.25) is 5.67 Å². The highest BCUT2D eigenvalue weighted by Crippen LogP contribution is 2.75. The maximum Gasteiger partial charge on any atom is 0.378 e. The Kier molecular flexibility index (Phi) is 3.68. The van der Waals surface area contributed by atoms with Gasteiger partial charge >= 0.3 is 35.5 Å². The molecule has 0 aromatic heterocycles. The molecule has 0 aromatic carbocycles. The van der Waals surface area contributed by atoms with Crippen LogP contribution in [0.2, 0.25) is 0 Å². The van der Waals surface area contributed by atoms with E-state index in [4.69, 9.17) is 0 Å². The Labute approximate surface area is 133 Å². The molecule has 2 saturated carbocycles. The molecular formula is C11H5F15. The Morgan fingerprint density at radius 2 is 0.615 bits per heavy atom. The zero-order chi connectivity index (χ0) is 21.2. The highest BCUT2D eigenvalue weighted by molar-refractivity contribution is 5.29. The van der Waals surface area contributed by atoms with E-state index >= 15 is 0 Å². The summed E-state index contributed by atoms with van der Waals surface area (Å²) in [6.07, 6.45) is 0. The van der Waals surface area contributed by atoms with E-state index in [0.29, 0.717) is 0 Å². The van der Waals surface area contributed by atoms with E-state index in [-0.39, 0.29) is 0 Å². The Morgan fingerprint density at radius 1 is 0.385 bits per heavy atom. The minimum atomic E-state index is -7.43. The third-order valence-corrected chi connectivity index (χ3v) is 4.76. The van der Waals surface area contributed by atoms with Crippen molar-refractivity contribution in [2.24, 2.45) is 11.8 Å². The summed E-state index contributed by atoms with van der Waals surface area (Å²) >= 11 is 0. The van der Waals surface area contributed by atoms with Crippen LogP contribution in [0.15, 0.2) is 0 Å². The minimum absolute atomic E-state index is 1.10. The summed E-state index contributed by atoms with van der Waals surface area (Å²) in [4.78, 5) is 0.